The third-order valence-electron chi connectivity index (χ3n) is 3.68. The van der Waals surface area contributed by atoms with Crippen LogP contribution < -0.4 is 5.32 Å². The molecule has 1 fully saturated rings. The Bertz CT molecular complexity index is 380. The van der Waals surface area contributed by atoms with Crippen molar-refractivity contribution >= 4 is 6.09 Å². The standard InChI is InChI=1S/C17H31NO3/c1-11(2)8-9-15-12(3)10-14(13(4)20-15)18-16(19)21-17(5,6)7/h8,12-15H,9-10H2,1-7H3,(H,18,19)/t12-,13+,14+,15-/m0/s1. The second-order valence-electron chi connectivity index (χ2n) is 7.36. The smallest absolute Gasteiger partial charge is 0.407 e. The Hall–Kier alpha value is -1.03. The van der Waals surface area contributed by atoms with Crippen molar-refractivity contribution in [1.82, 2.24) is 5.32 Å². The molecule has 1 N–H and O–H groups in total. The zero-order chi connectivity index (χ0) is 16.2. The van der Waals surface area contributed by atoms with Crippen LogP contribution in [0.5, 0.6) is 0 Å². The summed E-state index contributed by atoms with van der Waals surface area (Å²) < 4.78 is 11.4. The van der Waals surface area contributed by atoms with Gasteiger partial charge in [-0.25, -0.2) is 4.79 Å². The molecule has 0 radical (unpaired) electrons. The van der Waals surface area contributed by atoms with E-state index in [4.69, 9.17) is 9.47 Å². The molecule has 1 saturated heterocycles. The van der Waals surface area contributed by atoms with Crippen LogP contribution in [0.1, 0.15) is 61.3 Å². The first-order chi connectivity index (χ1) is 9.58. The van der Waals surface area contributed by atoms with Gasteiger partial charge in [0.2, 0.25) is 0 Å². The molecule has 0 aromatic rings. The van der Waals surface area contributed by atoms with E-state index in [1.54, 1.807) is 0 Å². The Morgan fingerprint density at radius 3 is 2.48 bits per heavy atom. The second kappa shape index (κ2) is 7.30. The lowest BCUT2D eigenvalue weighted by atomic mass is 9.88. The molecule has 4 heteroatoms. The van der Waals surface area contributed by atoms with Gasteiger partial charge in [0, 0.05) is 0 Å². The van der Waals surface area contributed by atoms with E-state index in [1.807, 2.05) is 27.7 Å². The lowest BCUT2D eigenvalue weighted by Gasteiger charge is -2.39. The summed E-state index contributed by atoms with van der Waals surface area (Å²) in [4.78, 5) is 11.9. The fourth-order valence-electron chi connectivity index (χ4n) is 2.52. The summed E-state index contributed by atoms with van der Waals surface area (Å²) in [5.74, 6) is 0.414. The minimum absolute atomic E-state index is 0.00396. The molecule has 0 saturated carbocycles. The van der Waals surface area contributed by atoms with Gasteiger partial charge in [-0.2, -0.15) is 0 Å². The summed E-state index contributed by atoms with van der Waals surface area (Å²) in [6.07, 6.45) is 3.94. The van der Waals surface area contributed by atoms with E-state index in [9.17, 15) is 4.79 Å². The Morgan fingerprint density at radius 1 is 1.33 bits per heavy atom. The number of carbonyl (C=O) groups is 1. The lowest BCUT2D eigenvalue weighted by molar-refractivity contribution is -0.0862. The average Bonchev–Trinajstić information content (AvgIpc) is 2.29. The highest BCUT2D eigenvalue weighted by atomic mass is 16.6. The largest absolute Gasteiger partial charge is 0.444 e. The highest BCUT2D eigenvalue weighted by Crippen LogP contribution is 2.28. The van der Waals surface area contributed by atoms with E-state index < -0.39 is 5.60 Å². The number of rotatable bonds is 3. The molecule has 1 aliphatic heterocycles. The van der Waals surface area contributed by atoms with Gasteiger partial charge in [0.15, 0.2) is 0 Å². The molecule has 1 rings (SSSR count). The summed E-state index contributed by atoms with van der Waals surface area (Å²) in [5, 5.41) is 2.94. The number of carbonyl (C=O) groups excluding carboxylic acids is 1. The zero-order valence-electron chi connectivity index (χ0n) is 14.5. The number of nitrogens with one attached hydrogen (secondary N) is 1. The van der Waals surface area contributed by atoms with Gasteiger partial charge >= 0.3 is 6.09 Å². The van der Waals surface area contributed by atoms with Crippen LogP contribution in [0.15, 0.2) is 11.6 Å². The molecule has 0 spiro atoms. The molecule has 21 heavy (non-hydrogen) atoms. The molecular formula is C17H31NO3. The maximum Gasteiger partial charge on any atom is 0.407 e. The first kappa shape index (κ1) is 18.0. The maximum atomic E-state index is 11.9. The highest BCUT2D eigenvalue weighted by molar-refractivity contribution is 5.68. The third kappa shape index (κ3) is 6.51. The molecule has 4 atom stereocenters. The molecule has 122 valence electrons. The van der Waals surface area contributed by atoms with Crippen molar-refractivity contribution in [3.8, 4) is 0 Å². The molecule has 4 nitrogen and oxygen atoms in total. The Labute approximate surface area is 129 Å². The fraction of sp³-hybridized carbons (Fsp3) is 0.824. The van der Waals surface area contributed by atoms with Gasteiger partial charge in [0.1, 0.15) is 5.60 Å². The predicted octanol–water partition coefficient (Wildman–Crippen LogP) is 4.05. The monoisotopic (exact) mass is 297 g/mol. The van der Waals surface area contributed by atoms with Crippen LogP contribution in [0.4, 0.5) is 4.79 Å². The number of allylic oxidation sites excluding steroid dienone is 1. The summed E-state index contributed by atoms with van der Waals surface area (Å²) >= 11 is 0. The molecule has 0 unspecified atom stereocenters. The van der Waals surface area contributed by atoms with E-state index in [0.29, 0.717) is 5.92 Å². The number of hydrogen-bond acceptors (Lipinski definition) is 3. The van der Waals surface area contributed by atoms with Crippen LogP contribution in [0.3, 0.4) is 0 Å². The Balaban J connectivity index is 2.54. The molecule has 0 aromatic heterocycles. The van der Waals surface area contributed by atoms with Crippen molar-refractivity contribution in [2.24, 2.45) is 5.92 Å². The minimum atomic E-state index is -0.472. The van der Waals surface area contributed by atoms with Crippen molar-refractivity contribution in [2.75, 3.05) is 0 Å². The van der Waals surface area contributed by atoms with Gasteiger partial charge in [0.05, 0.1) is 18.2 Å². The normalized spacial score (nSPS) is 29.7. The van der Waals surface area contributed by atoms with Gasteiger partial charge in [-0.15, -0.1) is 0 Å². The number of amides is 1. The van der Waals surface area contributed by atoms with Crippen LogP contribution in [0.25, 0.3) is 0 Å². The lowest BCUT2D eigenvalue weighted by Crippen LogP contribution is -2.51. The van der Waals surface area contributed by atoms with Crippen LogP contribution in [-0.4, -0.2) is 29.9 Å². The highest BCUT2D eigenvalue weighted by Gasteiger charge is 2.34. The van der Waals surface area contributed by atoms with Crippen LogP contribution >= 0.6 is 0 Å². The van der Waals surface area contributed by atoms with Crippen LogP contribution in [0, 0.1) is 5.92 Å². The van der Waals surface area contributed by atoms with Crippen molar-refractivity contribution in [3.05, 3.63) is 11.6 Å². The number of alkyl carbamates (subject to hydrolysis) is 1. The van der Waals surface area contributed by atoms with E-state index in [1.165, 1.54) is 5.57 Å². The van der Waals surface area contributed by atoms with Gasteiger partial charge < -0.3 is 14.8 Å². The second-order valence-corrected chi connectivity index (χ2v) is 7.36. The van der Waals surface area contributed by atoms with Gasteiger partial charge in [0.25, 0.3) is 0 Å². The third-order valence-corrected chi connectivity index (χ3v) is 3.68. The summed E-state index contributed by atoms with van der Waals surface area (Å²) in [7, 11) is 0. The van der Waals surface area contributed by atoms with Gasteiger partial charge in [-0.1, -0.05) is 18.6 Å². The first-order valence-electron chi connectivity index (χ1n) is 7.87. The quantitative estimate of drug-likeness (QED) is 0.799. The van der Waals surface area contributed by atoms with E-state index in [2.05, 4.69) is 32.2 Å². The fourth-order valence-corrected chi connectivity index (χ4v) is 2.52. The van der Waals surface area contributed by atoms with Crippen molar-refractivity contribution in [3.63, 3.8) is 0 Å². The Morgan fingerprint density at radius 2 is 1.95 bits per heavy atom. The van der Waals surface area contributed by atoms with Crippen LogP contribution in [0.2, 0.25) is 0 Å². The van der Waals surface area contributed by atoms with Crippen LogP contribution in [-0.2, 0) is 9.47 Å². The molecule has 1 aliphatic rings. The van der Waals surface area contributed by atoms with E-state index in [0.717, 1.165) is 12.8 Å². The molecule has 0 bridgehead atoms. The molecular weight excluding hydrogens is 266 g/mol. The summed E-state index contributed by atoms with van der Waals surface area (Å²) in [6.45, 7) is 14.0. The summed E-state index contributed by atoms with van der Waals surface area (Å²) in [5.41, 5.74) is 0.841. The first-order valence-corrected chi connectivity index (χ1v) is 7.87. The molecule has 0 aromatic carbocycles. The Kier molecular flexibility index (Phi) is 6.26. The van der Waals surface area contributed by atoms with Gasteiger partial charge in [-0.05, 0) is 60.3 Å². The maximum absolute atomic E-state index is 11.9. The number of ether oxygens (including phenoxy) is 2. The van der Waals surface area contributed by atoms with Crippen molar-refractivity contribution in [1.29, 1.82) is 0 Å². The minimum Gasteiger partial charge on any atom is -0.444 e. The SMILES string of the molecule is CC(C)=CC[C@@H]1O[C@H](C)[C@H](NC(=O)OC(C)(C)C)C[C@@H]1C. The average molecular weight is 297 g/mol. The van der Waals surface area contributed by atoms with Crippen molar-refractivity contribution < 1.29 is 14.3 Å². The zero-order valence-corrected chi connectivity index (χ0v) is 14.5. The van der Waals surface area contributed by atoms with Gasteiger partial charge in [-0.3, -0.25) is 0 Å². The molecule has 1 heterocycles. The molecule has 1 amide bonds. The topological polar surface area (TPSA) is 47.6 Å². The summed E-state index contributed by atoms with van der Waals surface area (Å²) in [6, 6.07) is 0.0119. The van der Waals surface area contributed by atoms with Crippen molar-refractivity contribution in [2.45, 2.75) is 85.2 Å². The predicted molar refractivity (Wildman–Crippen MR) is 85.3 cm³/mol. The van der Waals surface area contributed by atoms with E-state index in [-0.39, 0.29) is 24.3 Å². The molecule has 0 aliphatic carbocycles. The van der Waals surface area contributed by atoms with E-state index >= 15 is 0 Å². The number of hydrogen-bond donors (Lipinski definition) is 1.